The molecule has 0 aliphatic heterocycles. The highest BCUT2D eigenvalue weighted by molar-refractivity contribution is 6.41. The Hall–Kier alpha value is 0.434. The fraction of sp³-hybridized carbons (Fsp3) is 1.00. The highest BCUT2D eigenvalue weighted by atomic mass is 28.2. The fourth-order valence-electron chi connectivity index (χ4n) is 0.125. The minimum Gasteiger partial charge on any atom is -0.0538 e. The average molecular weight is 96.2 g/mol. The SMILES string of the molecule is [Si]C1([Si])CC1. The van der Waals surface area contributed by atoms with Gasteiger partial charge in [-0.15, -0.1) is 0 Å². The van der Waals surface area contributed by atoms with E-state index in [2.05, 4.69) is 20.5 Å². The first-order valence-electron chi connectivity index (χ1n) is 1.71. The summed E-state index contributed by atoms with van der Waals surface area (Å²) in [6.07, 6.45) is 2.56. The molecule has 0 aromatic heterocycles. The highest BCUT2D eigenvalue weighted by Gasteiger charge is 2.30. The monoisotopic (exact) mass is 96.0 g/mol. The molecule has 2 heteroatoms. The lowest BCUT2D eigenvalue weighted by molar-refractivity contribution is 1.32. The topological polar surface area (TPSA) is 0 Å². The van der Waals surface area contributed by atoms with Crippen molar-refractivity contribution in [2.75, 3.05) is 0 Å². The Bertz CT molecular complexity index is 42.9. The molecule has 1 fully saturated rings. The van der Waals surface area contributed by atoms with E-state index in [1.807, 2.05) is 0 Å². The van der Waals surface area contributed by atoms with Crippen LogP contribution < -0.4 is 0 Å². The fourth-order valence-corrected chi connectivity index (χ4v) is 0.375. The molecule has 0 atom stereocenters. The number of hydrogen-bond acceptors (Lipinski definition) is 0. The van der Waals surface area contributed by atoms with Gasteiger partial charge in [0.1, 0.15) is 0 Å². The Labute approximate surface area is 38.8 Å². The summed E-state index contributed by atoms with van der Waals surface area (Å²) in [5.74, 6) is 0. The quantitative estimate of drug-likeness (QED) is 0.379. The van der Waals surface area contributed by atoms with Crippen molar-refractivity contribution >= 4 is 20.5 Å². The highest BCUT2D eigenvalue weighted by Crippen LogP contribution is 2.45. The van der Waals surface area contributed by atoms with E-state index in [-0.39, 0.29) is 0 Å². The number of hydrogen-bond donors (Lipinski definition) is 0. The molecule has 5 heavy (non-hydrogen) atoms. The van der Waals surface area contributed by atoms with Gasteiger partial charge in [0.25, 0.3) is 0 Å². The zero-order chi connectivity index (χ0) is 3.91. The molecule has 0 unspecified atom stereocenters. The van der Waals surface area contributed by atoms with Crippen LogP contribution in [0.25, 0.3) is 0 Å². The van der Waals surface area contributed by atoms with Gasteiger partial charge >= 0.3 is 0 Å². The van der Waals surface area contributed by atoms with Crippen LogP contribution >= 0.6 is 0 Å². The Morgan fingerprint density at radius 2 is 1.40 bits per heavy atom. The largest absolute Gasteiger partial charge is 0.0538 e. The second-order valence-electron chi connectivity index (χ2n) is 1.58. The molecule has 0 heterocycles. The van der Waals surface area contributed by atoms with E-state index in [4.69, 9.17) is 0 Å². The van der Waals surface area contributed by atoms with E-state index in [9.17, 15) is 0 Å². The lowest BCUT2D eigenvalue weighted by Crippen LogP contribution is -1.83. The van der Waals surface area contributed by atoms with Crippen molar-refractivity contribution in [2.24, 2.45) is 0 Å². The van der Waals surface area contributed by atoms with Gasteiger partial charge in [-0.3, -0.25) is 0 Å². The van der Waals surface area contributed by atoms with Crippen molar-refractivity contribution < 1.29 is 0 Å². The minimum atomic E-state index is 0.361. The third-order valence-electron chi connectivity index (χ3n) is 0.750. The van der Waals surface area contributed by atoms with E-state index in [0.29, 0.717) is 4.66 Å². The van der Waals surface area contributed by atoms with Crippen molar-refractivity contribution in [3.8, 4) is 0 Å². The summed E-state index contributed by atoms with van der Waals surface area (Å²) in [7, 11) is 6.89. The maximum Gasteiger partial charge on any atom is 0.0262 e. The lowest BCUT2D eigenvalue weighted by Gasteiger charge is -1.84. The lowest BCUT2D eigenvalue weighted by atomic mass is 10.9. The molecule has 0 spiro atoms. The summed E-state index contributed by atoms with van der Waals surface area (Å²) in [6.45, 7) is 0. The van der Waals surface area contributed by atoms with Crippen LogP contribution in [0.2, 0.25) is 4.66 Å². The predicted molar refractivity (Wildman–Crippen MR) is 23.4 cm³/mol. The molecule has 0 amide bonds. The maximum atomic E-state index is 3.44. The first-order chi connectivity index (χ1) is 2.21. The van der Waals surface area contributed by atoms with E-state index >= 15 is 0 Å². The van der Waals surface area contributed by atoms with Gasteiger partial charge in [0, 0.05) is 20.5 Å². The molecule has 1 rings (SSSR count). The molecule has 1 aliphatic rings. The molecule has 0 aromatic rings. The van der Waals surface area contributed by atoms with Gasteiger partial charge in [0.15, 0.2) is 0 Å². The summed E-state index contributed by atoms with van der Waals surface area (Å²) >= 11 is 0. The van der Waals surface area contributed by atoms with E-state index in [1.54, 1.807) is 0 Å². The smallest absolute Gasteiger partial charge is 0.0262 e. The van der Waals surface area contributed by atoms with Gasteiger partial charge in [-0.25, -0.2) is 0 Å². The number of rotatable bonds is 0. The van der Waals surface area contributed by atoms with Crippen LogP contribution in [0.4, 0.5) is 0 Å². The van der Waals surface area contributed by atoms with Crippen molar-refractivity contribution in [1.82, 2.24) is 0 Å². The Balaban J connectivity index is 2.38. The average Bonchev–Trinajstić information content (AvgIpc) is 1.76. The molecule has 6 radical (unpaired) electrons. The van der Waals surface area contributed by atoms with Crippen molar-refractivity contribution in [2.45, 2.75) is 17.5 Å². The predicted octanol–water partition coefficient (Wildman–Crippen LogP) is 0.233. The van der Waals surface area contributed by atoms with Crippen molar-refractivity contribution in [3.05, 3.63) is 0 Å². The van der Waals surface area contributed by atoms with Gasteiger partial charge in [-0.1, -0.05) is 17.5 Å². The van der Waals surface area contributed by atoms with Gasteiger partial charge in [-0.2, -0.15) is 0 Å². The van der Waals surface area contributed by atoms with Crippen LogP contribution in [0, 0.1) is 0 Å². The summed E-state index contributed by atoms with van der Waals surface area (Å²) in [5.41, 5.74) is 0. The normalized spacial score (nSPS) is 30.0. The Morgan fingerprint density at radius 1 is 1.20 bits per heavy atom. The summed E-state index contributed by atoms with van der Waals surface area (Å²) in [5, 5.41) is 0. The van der Waals surface area contributed by atoms with Crippen LogP contribution in [-0.4, -0.2) is 20.5 Å². The molecule has 0 aromatic carbocycles. The third-order valence-corrected chi connectivity index (χ3v) is 1.75. The second-order valence-corrected chi connectivity index (χ2v) is 4.00. The van der Waals surface area contributed by atoms with Crippen LogP contribution in [0.1, 0.15) is 12.8 Å². The van der Waals surface area contributed by atoms with E-state index in [0.717, 1.165) is 0 Å². The molecule has 0 nitrogen and oxygen atoms in total. The molecule has 1 saturated carbocycles. The van der Waals surface area contributed by atoms with E-state index in [1.165, 1.54) is 12.8 Å². The third kappa shape index (κ3) is 0.889. The van der Waals surface area contributed by atoms with Crippen LogP contribution in [0.15, 0.2) is 0 Å². The van der Waals surface area contributed by atoms with Gasteiger partial charge < -0.3 is 0 Å². The Kier molecular flexibility index (Phi) is 0.532. The van der Waals surface area contributed by atoms with Gasteiger partial charge in [0.2, 0.25) is 0 Å². The zero-order valence-electron chi connectivity index (χ0n) is 2.91. The first-order valence-corrected chi connectivity index (χ1v) is 2.71. The molecule has 1 aliphatic carbocycles. The molecule has 24 valence electrons. The van der Waals surface area contributed by atoms with Crippen molar-refractivity contribution in [1.29, 1.82) is 0 Å². The molecule has 0 saturated heterocycles. The summed E-state index contributed by atoms with van der Waals surface area (Å²) in [4.78, 5) is 0. The van der Waals surface area contributed by atoms with Crippen LogP contribution in [0.3, 0.4) is 0 Å². The van der Waals surface area contributed by atoms with Crippen molar-refractivity contribution in [3.63, 3.8) is 0 Å². The zero-order valence-corrected chi connectivity index (χ0v) is 4.91. The van der Waals surface area contributed by atoms with Crippen LogP contribution in [0.5, 0.6) is 0 Å². The molecular weight excluding hydrogens is 92.2 g/mol. The van der Waals surface area contributed by atoms with Crippen LogP contribution in [-0.2, 0) is 0 Å². The standard InChI is InChI=1S/C3H4Si2/c4-3(5)1-2-3/h1-2H2. The molecule has 0 N–H and O–H groups in total. The summed E-state index contributed by atoms with van der Waals surface area (Å²) in [6, 6.07) is 0. The molecule has 0 bridgehead atoms. The van der Waals surface area contributed by atoms with Gasteiger partial charge in [0.05, 0.1) is 0 Å². The second kappa shape index (κ2) is 0.735. The maximum absolute atomic E-state index is 3.44. The summed E-state index contributed by atoms with van der Waals surface area (Å²) < 4.78 is 0.361. The Morgan fingerprint density at radius 3 is 1.40 bits per heavy atom. The molecular formula is C3H4Si2. The first kappa shape index (κ1) is 3.62. The minimum absolute atomic E-state index is 0.361. The van der Waals surface area contributed by atoms with Gasteiger partial charge in [-0.05, 0) is 0 Å². The van der Waals surface area contributed by atoms with E-state index < -0.39 is 0 Å².